The predicted molar refractivity (Wildman–Crippen MR) is 110 cm³/mol. The molecule has 2 aliphatic rings. The highest BCUT2D eigenvalue weighted by molar-refractivity contribution is 8.01. The second kappa shape index (κ2) is 8.36. The Bertz CT molecular complexity index is 885. The fourth-order valence-electron chi connectivity index (χ4n) is 3.50. The average molecular weight is 416 g/mol. The Labute approximate surface area is 171 Å². The number of hydrogen-bond acceptors (Lipinski definition) is 5. The number of nitrogens with zero attached hydrogens (tertiary/aromatic N) is 1. The number of carbonyl (C=O) groups is 3. The molecule has 6 nitrogen and oxygen atoms in total. The zero-order valence-electron chi connectivity index (χ0n) is 15.2. The number of piperidine rings is 1. The summed E-state index contributed by atoms with van der Waals surface area (Å²) in [6.45, 7) is 1.46. The highest BCUT2D eigenvalue weighted by Crippen LogP contribution is 2.36. The molecule has 2 aliphatic heterocycles. The van der Waals surface area contributed by atoms with Gasteiger partial charge < -0.3 is 15.5 Å². The Morgan fingerprint density at radius 2 is 2.07 bits per heavy atom. The van der Waals surface area contributed by atoms with Crippen LogP contribution in [0.1, 0.15) is 17.7 Å². The van der Waals surface area contributed by atoms with E-state index in [0.717, 1.165) is 28.3 Å². The fourth-order valence-corrected chi connectivity index (χ4v) is 5.22. The van der Waals surface area contributed by atoms with Gasteiger partial charge in [0, 0.05) is 22.9 Å². The number of likely N-dealkylation sites (tertiary alicyclic amines) is 1. The van der Waals surface area contributed by atoms with Crippen molar-refractivity contribution < 1.29 is 14.4 Å². The van der Waals surface area contributed by atoms with Crippen LogP contribution in [0.15, 0.2) is 46.7 Å². The van der Waals surface area contributed by atoms with Gasteiger partial charge in [-0.25, -0.2) is 0 Å². The minimum absolute atomic E-state index is 0.0306. The van der Waals surface area contributed by atoms with Gasteiger partial charge in [0.25, 0.3) is 0 Å². The Kier molecular flexibility index (Phi) is 5.68. The minimum Gasteiger partial charge on any atom is -0.351 e. The number of rotatable bonds is 4. The lowest BCUT2D eigenvalue weighted by molar-refractivity contribution is -0.137. The summed E-state index contributed by atoms with van der Waals surface area (Å²) in [5, 5.41) is 6.96. The predicted octanol–water partition coefficient (Wildman–Crippen LogP) is 2.72. The maximum absolute atomic E-state index is 13.0. The number of amides is 3. The molecule has 0 bridgehead atoms. The van der Waals surface area contributed by atoms with Gasteiger partial charge >= 0.3 is 0 Å². The molecule has 28 heavy (non-hydrogen) atoms. The van der Waals surface area contributed by atoms with Crippen molar-refractivity contribution in [3.8, 4) is 0 Å². The number of hydrogen-bond donors (Lipinski definition) is 2. The third kappa shape index (κ3) is 4.07. The first kappa shape index (κ1) is 19.0. The number of benzene rings is 1. The van der Waals surface area contributed by atoms with E-state index in [2.05, 4.69) is 10.6 Å². The van der Waals surface area contributed by atoms with E-state index in [4.69, 9.17) is 0 Å². The molecule has 3 amide bonds. The van der Waals surface area contributed by atoms with Crippen molar-refractivity contribution >= 4 is 46.5 Å². The molecule has 2 aromatic rings. The van der Waals surface area contributed by atoms with E-state index >= 15 is 0 Å². The minimum atomic E-state index is -0.803. The van der Waals surface area contributed by atoms with Crippen LogP contribution in [0, 0.1) is 5.92 Å². The van der Waals surface area contributed by atoms with Gasteiger partial charge in [0.05, 0.1) is 18.2 Å². The fraction of sp³-hybridized carbons (Fsp3) is 0.350. The molecule has 3 heterocycles. The van der Waals surface area contributed by atoms with E-state index in [0.29, 0.717) is 19.6 Å². The van der Waals surface area contributed by atoms with E-state index in [1.165, 1.54) is 11.8 Å². The summed E-state index contributed by atoms with van der Waals surface area (Å²) in [6.07, 6.45) is 1.52. The van der Waals surface area contributed by atoms with Gasteiger partial charge in [-0.2, -0.15) is 0 Å². The maximum Gasteiger partial charge on any atom is 0.247 e. The van der Waals surface area contributed by atoms with E-state index < -0.39 is 5.25 Å². The van der Waals surface area contributed by atoms with Crippen LogP contribution in [0.25, 0.3) is 0 Å². The molecule has 4 rings (SSSR count). The van der Waals surface area contributed by atoms with Gasteiger partial charge in [-0.05, 0) is 36.4 Å². The lowest BCUT2D eigenvalue weighted by Gasteiger charge is -2.35. The third-order valence-corrected chi connectivity index (χ3v) is 7.11. The number of nitrogens with one attached hydrogen (secondary N) is 2. The Hall–Kier alpha value is -2.32. The van der Waals surface area contributed by atoms with Gasteiger partial charge in [-0.1, -0.05) is 18.2 Å². The molecule has 1 fully saturated rings. The first-order valence-corrected chi connectivity index (χ1v) is 11.0. The van der Waals surface area contributed by atoms with Crippen LogP contribution < -0.4 is 10.6 Å². The van der Waals surface area contributed by atoms with E-state index in [1.54, 1.807) is 16.2 Å². The smallest absolute Gasteiger partial charge is 0.247 e. The summed E-state index contributed by atoms with van der Waals surface area (Å²) in [6, 6.07) is 11.4. The maximum atomic E-state index is 13.0. The summed E-state index contributed by atoms with van der Waals surface area (Å²) in [4.78, 5) is 41.6. The average Bonchev–Trinajstić information content (AvgIpc) is 3.25. The van der Waals surface area contributed by atoms with Gasteiger partial charge in [-0.15, -0.1) is 23.1 Å². The summed E-state index contributed by atoms with van der Waals surface area (Å²) < 4.78 is 0. The highest BCUT2D eigenvalue weighted by atomic mass is 32.2. The summed E-state index contributed by atoms with van der Waals surface area (Å²) in [5.41, 5.74) is 0.742. The number of thioether (sulfide) groups is 1. The van der Waals surface area contributed by atoms with Gasteiger partial charge in [0.2, 0.25) is 17.7 Å². The van der Waals surface area contributed by atoms with Crippen LogP contribution in [-0.2, 0) is 20.9 Å². The van der Waals surface area contributed by atoms with Crippen LogP contribution in [0.4, 0.5) is 5.69 Å². The first-order chi connectivity index (χ1) is 13.6. The van der Waals surface area contributed by atoms with Crippen LogP contribution >= 0.6 is 23.1 Å². The molecule has 1 aromatic carbocycles. The molecule has 0 aliphatic carbocycles. The first-order valence-electron chi connectivity index (χ1n) is 9.27. The normalized spacial score (nSPS) is 21.6. The monoisotopic (exact) mass is 415 g/mol. The molecule has 2 N–H and O–H groups in total. The number of para-hydroxylation sites is 1. The molecule has 146 valence electrons. The molecular formula is C20H21N3O3S2. The number of thiophene rings is 1. The Balaban J connectivity index is 1.38. The molecule has 1 aromatic heterocycles. The van der Waals surface area contributed by atoms with E-state index in [-0.39, 0.29) is 23.6 Å². The molecular weight excluding hydrogens is 394 g/mol. The summed E-state index contributed by atoms with van der Waals surface area (Å²) >= 11 is 2.89. The zero-order valence-corrected chi connectivity index (χ0v) is 16.9. The van der Waals surface area contributed by atoms with Crippen LogP contribution in [-0.4, -0.2) is 41.0 Å². The number of anilines is 1. The van der Waals surface area contributed by atoms with Gasteiger partial charge in [-0.3, -0.25) is 14.4 Å². The van der Waals surface area contributed by atoms with Crippen molar-refractivity contribution in [1.82, 2.24) is 10.2 Å². The zero-order chi connectivity index (χ0) is 19.5. The van der Waals surface area contributed by atoms with Crippen LogP contribution in [0.3, 0.4) is 0 Å². The summed E-state index contributed by atoms with van der Waals surface area (Å²) in [5.74, 6) is -0.774. The molecule has 0 spiro atoms. The van der Waals surface area contributed by atoms with Crippen molar-refractivity contribution in [2.45, 2.75) is 29.5 Å². The van der Waals surface area contributed by atoms with E-state index in [9.17, 15) is 14.4 Å². The van der Waals surface area contributed by atoms with Crippen molar-refractivity contribution in [2.75, 3.05) is 18.4 Å². The third-order valence-electron chi connectivity index (χ3n) is 4.97. The Morgan fingerprint density at radius 3 is 2.89 bits per heavy atom. The van der Waals surface area contributed by atoms with Crippen molar-refractivity contribution in [1.29, 1.82) is 0 Å². The second-order valence-corrected chi connectivity index (χ2v) is 9.08. The molecule has 1 saturated heterocycles. The molecule has 0 radical (unpaired) electrons. The lowest BCUT2D eigenvalue weighted by atomic mass is 9.96. The SMILES string of the molecule is O=C(NCc1cccs1)C1CCCN(C(=O)C2Sc3ccccc3NC2=O)C1. The standard InChI is InChI=1S/C20H21N3O3S2/c24-18(21-11-14-6-4-10-27-14)13-5-3-9-23(12-13)20(26)17-19(25)22-15-7-1-2-8-16(15)28-17/h1-2,4,6-8,10,13,17H,3,5,9,11-12H2,(H,21,24)(H,22,25). The molecule has 2 atom stereocenters. The molecule has 0 saturated carbocycles. The van der Waals surface area contributed by atoms with Crippen molar-refractivity contribution in [3.05, 3.63) is 46.7 Å². The largest absolute Gasteiger partial charge is 0.351 e. The molecule has 8 heteroatoms. The van der Waals surface area contributed by atoms with E-state index in [1.807, 2.05) is 41.8 Å². The quantitative estimate of drug-likeness (QED) is 0.753. The summed E-state index contributed by atoms with van der Waals surface area (Å²) in [7, 11) is 0. The lowest BCUT2D eigenvalue weighted by Crippen LogP contribution is -2.50. The molecule has 2 unspecified atom stereocenters. The van der Waals surface area contributed by atoms with Crippen molar-refractivity contribution in [3.63, 3.8) is 0 Å². The second-order valence-electron chi connectivity index (χ2n) is 6.90. The van der Waals surface area contributed by atoms with Gasteiger partial charge in [0.15, 0.2) is 5.25 Å². The van der Waals surface area contributed by atoms with Gasteiger partial charge in [0.1, 0.15) is 0 Å². The topological polar surface area (TPSA) is 78.5 Å². The highest BCUT2D eigenvalue weighted by Gasteiger charge is 2.38. The number of carbonyl (C=O) groups excluding carboxylic acids is 3. The van der Waals surface area contributed by atoms with Crippen LogP contribution in [0.5, 0.6) is 0 Å². The van der Waals surface area contributed by atoms with Crippen molar-refractivity contribution in [2.24, 2.45) is 5.92 Å². The van der Waals surface area contributed by atoms with Crippen LogP contribution in [0.2, 0.25) is 0 Å². The number of fused-ring (bicyclic) bond motifs is 1. The Morgan fingerprint density at radius 1 is 1.21 bits per heavy atom.